The number of nitrogens with zero attached hydrogens (tertiary/aromatic N) is 1. The molecule has 0 unspecified atom stereocenters. The van der Waals surface area contributed by atoms with Crippen LogP contribution in [-0.2, 0) is 16.4 Å². The summed E-state index contributed by atoms with van der Waals surface area (Å²) in [5.41, 5.74) is 0.623. The van der Waals surface area contributed by atoms with Gasteiger partial charge in [-0.05, 0) is 30.2 Å². The van der Waals surface area contributed by atoms with Gasteiger partial charge in [0.2, 0.25) is 10.0 Å². The predicted molar refractivity (Wildman–Crippen MR) is 104 cm³/mol. The molecule has 0 atom stereocenters. The van der Waals surface area contributed by atoms with E-state index in [9.17, 15) is 12.8 Å². The van der Waals surface area contributed by atoms with Gasteiger partial charge in [-0.1, -0.05) is 29.8 Å². The van der Waals surface area contributed by atoms with Crippen LogP contribution in [0.2, 0.25) is 4.34 Å². The summed E-state index contributed by atoms with van der Waals surface area (Å²) in [5, 5.41) is 6.05. The van der Waals surface area contributed by atoms with E-state index in [2.05, 4.69) is 20.3 Å². The molecule has 0 aliphatic heterocycles. The van der Waals surface area contributed by atoms with Crippen LogP contribution in [-0.4, -0.2) is 41.1 Å². The molecule has 2 rings (SSSR count). The largest absolute Gasteiger partial charge is 0.356 e. The summed E-state index contributed by atoms with van der Waals surface area (Å²) in [7, 11) is -1.95. The van der Waals surface area contributed by atoms with Crippen molar-refractivity contribution >= 4 is 38.9 Å². The summed E-state index contributed by atoms with van der Waals surface area (Å²) in [4.78, 5) is 4.05. The van der Waals surface area contributed by atoms with Crippen LogP contribution in [0, 0.1) is 5.82 Å². The van der Waals surface area contributed by atoms with Crippen LogP contribution in [0.3, 0.4) is 0 Å². The topological polar surface area (TPSA) is 82.6 Å². The van der Waals surface area contributed by atoms with E-state index >= 15 is 0 Å². The molecule has 0 spiro atoms. The van der Waals surface area contributed by atoms with E-state index in [4.69, 9.17) is 11.6 Å². The molecular weight excluding hydrogens is 399 g/mol. The van der Waals surface area contributed by atoms with Crippen LogP contribution in [0.5, 0.6) is 0 Å². The second-order valence-corrected chi connectivity index (χ2v) is 8.93. The van der Waals surface area contributed by atoms with E-state index in [0.29, 0.717) is 35.4 Å². The van der Waals surface area contributed by atoms with Gasteiger partial charge in [0, 0.05) is 26.7 Å². The molecule has 142 valence electrons. The second kappa shape index (κ2) is 9.86. The van der Waals surface area contributed by atoms with Gasteiger partial charge in [-0.25, -0.2) is 17.5 Å². The maximum absolute atomic E-state index is 13.6. The molecule has 2 aromatic rings. The fourth-order valence-electron chi connectivity index (χ4n) is 2.12. The van der Waals surface area contributed by atoms with E-state index in [1.165, 1.54) is 12.1 Å². The first-order chi connectivity index (χ1) is 12.4. The standard InChI is InChI=1S/C16H20ClFN4O2S2/c1-19-16(20-9-8-12-4-2-3-5-13(12)18)21-10-11-22-26(23,24)15-7-6-14(17)25-15/h2-7,22H,8-11H2,1H3,(H2,19,20,21). The molecule has 10 heteroatoms. The third kappa shape index (κ3) is 6.24. The highest BCUT2D eigenvalue weighted by molar-refractivity contribution is 7.91. The Balaban J connectivity index is 1.71. The van der Waals surface area contributed by atoms with E-state index < -0.39 is 10.0 Å². The molecule has 0 aliphatic carbocycles. The Kier molecular flexibility index (Phi) is 7.83. The van der Waals surface area contributed by atoms with Crippen molar-refractivity contribution in [3.63, 3.8) is 0 Å². The zero-order valence-electron chi connectivity index (χ0n) is 14.1. The molecule has 0 fully saturated rings. The second-order valence-electron chi connectivity index (χ2n) is 5.22. The van der Waals surface area contributed by atoms with Crippen LogP contribution in [0.1, 0.15) is 5.56 Å². The van der Waals surface area contributed by atoms with Crippen LogP contribution >= 0.6 is 22.9 Å². The lowest BCUT2D eigenvalue weighted by Gasteiger charge is -2.12. The summed E-state index contributed by atoms with van der Waals surface area (Å²) in [5.74, 6) is 0.278. The summed E-state index contributed by atoms with van der Waals surface area (Å²) in [6.45, 7) is 1.03. The summed E-state index contributed by atoms with van der Waals surface area (Å²) >= 11 is 6.76. The number of benzene rings is 1. The van der Waals surface area contributed by atoms with Gasteiger partial charge < -0.3 is 10.6 Å². The number of halogens is 2. The molecule has 0 saturated heterocycles. The molecule has 0 amide bonds. The van der Waals surface area contributed by atoms with Gasteiger partial charge in [0.25, 0.3) is 0 Å². The van der Waals surface area contributed by atoms with Gasteiger partial charge in [0.15, 0.2) is 5.96 Å². The van der Waals surface area contributed by atoms with Gasteiger partial charge in [-0.3, -0.25) is 4.99 Å². The normalized spacial score (nSPS) is 12.2. The molecule has 0 radical (unpaired) electrons. The van der Waals surface area contributed by atoms with Gasteiger partial charge >= 0.3 is 0 Å². The molecule has 0 bridgehead atoms. The van der Waals surface area contributed by atoms with Crippen molar-refractivity contribution in [1.82, 2.24) is 15.4 Å². The van der Waals surface area contributed by atoms with E-state index in [0.717, 1.165) is 11.3 Å². The van der Waals surface area contributed by atoms with Crippen LogP contribution in [0.25, 0.3) is 0 Å². The molecule has 1 aromatic carbocycles. The van der Waals surface area contributed by atoms with Crippen molar-refractivity contribution in [3.05, 3.63) is 52.1 Å². The molecule has 0 aliphatic rings. The number of sulfonamides is 1. The van der Waals surface area contributed by atoms with Crippen molar-refractivity contribution in [2.75, 3.05) is 26.7 Å². The fraction of sp³-hybridized carbons (Fsp3) is 0.312. The van der Waals surface area contributed by atoms with Crippen molar-refractivity contribution in [3.8, 4) is 0 Å². The lowest BCUT2D eigenvalue weighted by atomic mass is 10.1. The Morgan fingerprint density at radius 2 is 1.88 bits per heavy atom. The Hall–Kier alpha value is -1.68. The minimum absolute atomic E-state index is 0.176. The number of hydrogen-bond acceptors (Lipinski definition) is 4. The van der Waals surface area contributed by atoms with Crippen molar-refractivity contribution < 1.29 is 12.8 Å². The number of nitrogens with one attached hydrogen (secondary N) is 3. The quantitative estimate of drug-likeness (QED) is 0.349. The Morgan fingerprint density at radius 1 is 1.15 bits per heavy atom. The molecule has 0 saturated carbocycles. The number of aliphatic imine (C=N–C) groups is 1. The van der Waals surface area contributed by atoms with Gasteiger partial charge in [0.05, 0.1) is 4.34 Å². The molecule has 3 N–H and O–H groups in total. The molecule has 1 aromatic heterocycles. The minimum atomic E-state index is -3.56. The smallest absolute Gasteiger partial charge is 0.250 e. The van der Waals surface area contributed by atoms with Gasteiger partial charge in [-0.15, -0.1) is 11.3 Å². The zero-order valence-corrected chi connectivity index (χ0v) is 16.5. The molecular formula is C16H20ClFN4O2S2. The highest BCUT2D eigenvalue weighted by atomic mass is 35.5. The van der Waals surface area contributed by atoms with Crippen molar-refractivity contribution in [1.29, 1.82) is 0 Å². The van der Waals surface area contributed by atoms with Crippen LogP contribution in [0.15, 0.2) is 45.6 Å². The maximum atomic E-state index is 13.6. The maximum Gasteiger partial charge on any atom is 0.250 e. The van der Waals surface area contributed by atoms with Crippen LogP contribution < -0.4 is 15.4 Å². The molecule has 1 heterocycles. The van der Waals surface area contributed by atoms with Crippen molar-refractivity contribution in [2.24, 2.45) is 4.99 Å². The van der Waals surface area contributed by atoms with Gasteiger partial charge in [0.1, 0.15) is 10.0 Å². The average Bonchev–Trinajstić information content (AvgIpc) is 3.06. The fourth-order valence-corrected chi connectivity index (χ4v) is 4.68. The monoisotopic (exact) mass is 418 g/mol. The predicted octanol–water partition coefficient (Wildman–Crippen LogP) is 2.23. The van der Waals surface area contributed by atoms with Gasteiger partial charge in [-0.2, -0.15) is 0 Å². The number of rotatable bonds is 8. The van der Waals surface area contributed by atoms with E-state index in [1.807, 2.05) is 0 Å². The average molecular weight is 419 g/mol. The Labute approximate surface area is 161 Å². The highest BCUT2D eigenvalue weighted by Crippen LogP contribution is 2.25. The first kappa shape index (κ1) is 20.6. The third-order valence-electron chi connectivity index (χ3n) is 3.39. The SMILES string of the molecule is CN=C(NCCNS(=O)(=O)c1ccc(Cl)s1)NCCc1ccccc1F. The van der Waals surface area contributed by atoms with Crippen molar-refractivity contribution in [2.45, 2.75) is 10.6 Å². The number of hydrogen-bond donors (Lipinski definition) is 3. The Morgan fingerprint density at radius 3 is 2.54 bits per heavy atom. The van der Waals surface area contributed by atoms with Crippen LogP contribution in [0.4, 0.5) is 4.39 Å². The molecule has 26 heavy (non-hydrogen) atoms. The van der Waals surface area contributed by atoms with E-state index in [1.54, 1.807) is 31.3 Å². The molecule has 6 nitrogen and oxygen atoms in total. The lowest BCUT2D eigenvalue weighted by Crippen LogP contribution is -2.42. The van der Waals surface area contributed by atoms with E-state index in [-0.39, 0.29) is 16.6 Å². The number of guanidine groups is 1. The zero-order chi connectivity index (χ0) is 19.0. The summed E-state index contributed by atoms with van der Waals surface area (Å²) in [6.07, 6.45) is 0.513. The number of thiophene rings is 1. The first-order valence-corrected chi connectivity index (χ1v) is 10.5. The lowest BCUT2D eigenvalue weighted by molar-refractivity contribution is 0.582. The highest BCUT2D eigenvalue weighted by Gasteiger charge is 2.15. The minimum Gasteiger partial charge on any atom is -0.356 e. The third-order valence-corrected chi connectivity index (χ3v) is 6.58. The summed E-state index contributed by atoms with van der Waals surface area (Å²) < 4.78 is 40.7. The Bertz CT molecular complexity index is 855. The first-order valence-electron chi connectivity index (χ1n) is 7.85. The summed E-state index contributed by atoms with van der Waals surface area (Å²) in [6, 6.07) is 9.61.